The number of H-pyrrole nitrogens is 1. The summed E-state index contributed by atoms with van der Waals surface area (Å²) in [6.07, 6.45) is 4.21. The number of hydrogen-bond donors (Lipinski definition) is 2. The van der Waals surface area contributed by atoms with Crippen molar-refractivity contribution in [2.45, 2.75) is 38.6 Å². The van der Waals surface area contributed by atoms with E-state index in [1.807, 2.05) is 11.8 Å². The van der Waals surface area contributed by atoms with E-state index in [0.717, 1.165) is 19.4 Å². The number of aromatic amines is 1. The van der Waals surface area contributed by atoms with Crippen LogP contribution in [0.15, 0.2) is 23.1 Å². The molecule has 0 bridgehead atoms. The molecule has 114 valence electrons. The van der Waals surface area contributed by atoms with Gasteiger partial charge in [0.2, 0.25) is 5.91 Å². The fourth-order valence-corrected chi connectivity index (χ4v) is 2.55. The van der Waals surface area contributed by atoms with Gasteiger partial charge in [0.1, 0.15) is 5.56 Å². The molecule has 1 fully saturated rings. The largest absolute Gasteiger partial charge is 0.349 e. The summed E-state index contributed by atoms with van der Waals surface area (Å²) in [5.74, 6) is -0.232. The second kappa shape index (κ2) is 7.06. The van der Waals surface area contributed by atoms with Crippen LogP contribution in [0.25, 0.3) is 0 Å². The molecule has 1 aliphatic heterocycles. The average molecular weight is 291 g/mol. The maximum atomic E-state index is 12.1. The minimum atomic E-state index is -0.396. The highest BCUT2D eigenvalue weighted by Gasteiger charge is 2.23. The minimum absolute atomic E-state index is 0.0667. The highest BCUT2D eigenvalue weighted by atomic mass is 16.2. The summed E-state index contributed by atoms with van der Waals surface area (Å²) in [4.78, 5) is 39.9. The molecule has 0 aromatic carbocycles. The number of carbonyl (C=O) groups excluding carboxylic acids is 2. The smallest absolute Gasteiger partial charge is 0.260 e. The van der Waals surface area contributed by atoms with Crippen molar-refractivity contribution in [1.29, 1.82) is 0 Å². The van der Waals surface area contributed by atoms with Gasteiger partial charge in [0.25, 0.3) is 11.5 Å². The monoisotopic (exact) mass is 291 g/mol. The lowest BCUT2D eigenvalue weighted by atomic mass is 10.1. The molecule has 0 radical (unpaired) electrons. The Labute approximate surface area is 123 Å². The normalized spacial score (nSPS) is 19.2. The summed E-state index contributed by atoms with van der Waals surface area (Å²) in [6, 6.07) is 3.05. The van der Waals surface area contributed by atoms with Gasteiger partial charge >= 0.3 is 0 Å². The van der Waals surface area contributed by atoms with Crippen LogP contribution < -0.4 is 10.9 Å². The summed E-state index contributed by atoms with van der Waals surface area (Å²) in [7, 11) is 0. The topological polar surface area (TPSA) is 82.3 Å². The van der Waals surface area contributed by atoms with Crippen LogP contribution in [0.3, 0.4) is 0 Å². The van der Waals surface area contributed by atoms with Gasteiger partial charge < -0.3 is 15.2 Å². The van der Waals surface area contributed by atoms with E-state index in [1.165, 1.54) is 12.3 Å². The van der Waals surface area contributed by atoms with Crippen LogP contribution in [-0.2, 0) is 4.79 Å². The third-order valence-electron chi connectivity index (χ3n) is 3.70. The molecule has 2 rings (SSSR count). The zero-order chi connectivity index (χ0) is 15.2. The third-order valence-corrected chi connectivity index (χ3v) is 3.70. The second-order valence-electron chi connectivity index (χ2n) is 5.29. The van der Waals surface area contributed by atoms with Crippen LogP contribution in [-0.4, -0.2) is 40.8 Å². The van der Waals surface area contributed by atoms with Crippen molar-refractivity contribution in [2.75, 3.05) is 13.1 Å². The molecule has 1 saturated heterocycles. The summed E-state index contributed by atoms with van der Waals surface area (Å²) in [5, 5.41) is 2.86. The fraction of sp³-hybridized carbons (Fsp3) is 0.533. The first-order valence-corrected chi connectivity index (χ1v) is 7.38. The van der Waals surface area contributed by atoms with E-state index in [-0.39, 0.29) is 23.4 Å². The molecule has 1 aliphatic rings. The fourth-order valence-electron chi connectivity index (χ4n) is 2.55. The molecule has 0 spiro atoms. The van der Waals surface area contributed by atoms with E-state index >= 15 is 0 Å². The molecule has 1 aromatic rings. The second-order valence-corrected chi connectivity index (χ2v) is 5.29. The molecule has 0 saturated carbocycles. The van der Waals surface area contributed by atoms with Crippen LogP contribution in [0.5, 0.6) is 0 Å². The Hall–Kier alpha value is -2.11. The van der Waals surface area contributed by atoms with Gasteiger partial charge in [0.15, 0.2) is 0 Å². The quantitative estimate of drug-likeness (QED) is 0.864. The Morgan fingerprint density at radius 1 is 1.43 bits per heavy atom. The van der Waals surface area contributed by atoms with Gasteiger partial charge in [-0.1, -0.05) is 6.92 Å². The summed E-state index contributed by atoms with van der Waals surface area (Å²) >= 11 is 0. The number of aromatic nitrogens is 1. The number of hydrogen-bond acceptors (Lipinski definition) is 3. The predicted molar refractivity (Wildman–Crippen MR) is 79.0 cm³/mol. The molecule has 21 heavy (non-hydrogen) atoms. The van der Waals surface area contributed by atoms with Gasteiger partial charge in [0.05, 0.1) is 0 Å². The Bertz CT molecular complexity index is 567. The molecule has 1 aromatic heterocycles. The van der Waals surface area contributed by atoms with Gasteiger partial charge in [-0.15, -0.1) is 0 Å². The summed E-state index contributed by atoms with van der Waals surface area (Å²) < 4.78 is 0. The standard InChI is InChI=1S/C15H21N3O3/c1-2-9-18-10-7-11(5-6-13(18)19)17-15(21)12-4-3-8-16-14(12)20/h3-4,8,11H,2,5-7,9-10H2,1H3,(H,16,20)(H,17,21). The lowest BCUT2D eigenvalue weighted by molar-refractivity contribution is -0.130. The first-order chi connectivity index (χ1) is 10.1. The maximum absolute atomic E-state index is 12.1. The first-order valence-electron chi connectivity index (χ1n) is 7.38. The molecule has 1 atom stereocenters. The zero-order valence-corrected chi connectivity index (χ0v) is 12.2. The third kappa shape index (κ3) is 3.93. The van der Waals surface area contributed by atoms with E-state index < -0.39 is 5.56 Å². The number of nitrogens with one attached hydrogen (secondary N) is 2. The Kier molecular flexibility index (Phi) is 5.14. The van der Waals surface area contributed by atoms with Gasteiger partial charge in [-0.25, -0.2) is 0 Å². The lowest BCUT2D eigenvalue weighted by Gasteiger charge is -2.20. The van der Waals surface area contributed by atoms with Gasteiger partial charge in [-0.3, -0.25) is 14.4 Å². The summed E-state index contributed by atoms with van der Waals surface area (Å²) in [5.41, 5.74) is -0.286. The molecule has 2 amide bonds. The molecule has 1 unspecified atom stereocenters. The zero-order valence-electron chi connectivity index (χ0n) is 12.2. The van der Waals surface area contributed by atoms with Crippen molar-refractivity contribution < 1.29 is 9.59 Å². The maximum Gasteiger partial charge on any atom is 0.260 e. The lowest BCUT2D eigenvalue weighted by Crippen LogP contribution is -2.38. The van der Waals surface area contributed by atoms with E-state index in [9.17, 15) is 14.4 Å². The predicted octanol–water partition coefficient (Wildman–Crippen LogP) is 0.896. The van der Waals surface area contributed by atoms with Gasteiger partial charge in [-0.2, -0.15) is 0 Å². The average Bonchev–Trinajstić information content (AvgIpc) is 2.64. The molecule has 6 nitrogen and oxygen atoms in total. The van der Waals surface area contributed by atoms with Crippen LogP contribution in [0.2, 0.25) is 0 Å². The molecule has 0 aliphatic carbocycles. The highest BCUT2D eigenvalue weighted by Crippen LogP contribution is 2.13. The molecule has 2 heterocycles. The van der Waals surface area contributed by atoms with Crippen molar-refractivity contribution >= 4 is 11.8 Å². The van der Waals surface area contributed by atoms with Gasteiger partial charge in [0, 0.05) is 31.7 Å². The number of nitrogens with zero attached hydrogens (tertiary/aromatic N) is 1. The van der Waals surface area contributed by atoms with E-state index in [0.29, 0.717) is 19.4 Å². The first kappa shape index (κ1) is 15.3. The minimum Gasteiger partial charge on any atom is -0.349 e. The number of amides is 2. The molecular weight excluding hydrogens is 270 g/mol. The summed E-state index contributed by atoms with van der Waals surface area (Å²) in [6.45, 7) is 3.46. The Morgan fingerprint density at radius 3 is 2.95 bits per heavy atom. The number of likely N-dealkylation sites (tertiary alicyclic amines) is 1. The Morgan fingerprint density at radius 2 is 2.24 bits per heavy atom. The van der Waals surface area contributed by atoms with E-state index in [1.54, 1.807) is 6.07 Å². The van der Waals surface area contributed by atoms with Crippen molar-refractivity contribution in [2.24, 2.45) is 0 Å². The number of pyridine rings is 1. The van der Waals surface area contributed by atoms with Crippen LogP contribution in [0.1, 0.15) is 43.0 Å². The molecular formula is C15H21N3O3. The molecule has 2 N–H and O–H groups in total. The number of rotatable bonds is 4. The Balaban J connectivity index is 1.98. The van der Waals surface area contributed by atoms with Crippen LogP contribution in [0.4, 0.5) is 0 Å². The van der Waals surface area contributed by atoms with Gasteiger partial charge in [-0.05, 0) is 31.4 Å². The molecule has 6 heteroatoms. The SMILES string of the molecule is CCCN1CCC(NC(=O)c2ccc[nH]c2=O)CCC1=O. The van der Waals surface area contributed by atoms with Crippen molar-refractivity contribution in [3.8, 4) is 0 Å². The van der Waals surface area contributed by atoms with Crippen LogP contribution >= 0.6 is 0 Å². The van der Waals surface area contributed by atoms with Crippen molar-refractivity contribution in [3.63, 3.8) is 0 Å². The van der Waals surface area contributed by atoms with Crippen LogP contribution in [0, 0.1) is 0 Å². The van der Waals surface area contributed by atoms with E-state index in [4.69, 9.17) is 0 Å². The van der Waals surface area contributed by atoms with Crippen molar-refractivity contribution in [3.05, 3.63) is 34.2 Å². The number of carbonyl (C=O) groups is 2. The highest BCUT2D eigenvalue weighted by molar-refractivity contribution is 5.94. The van der Waals surface area contributed by atoms with Crippen molar-refractivity contribution in [1.82, 2.24) is 15.2 Å². The van der Waals surface area contributed by atoms with E-state index in [2.05, 4.69) is 10.3 Å².